The van der Waals surface area contributed by atoms with Gasteiger partial charge in [0.1, 0.15) is 0 Å². The minimum absolute atomic E-state index is 0.130. The smallest absolute Gasteiger partial charge is 0.155 e. The van der Waals surface area contributed by atoms with E-state index in [9.17, 15) is 8.42 Å². The van der Waals surface area contributed by atoms with Crippen molar-refractivity contribution in [1.82, 2.24) is 5.32 Å². The molecule has 0 bridgehead atoms. The summed E-state index contributed by atoms with van der Waals surface area (Å²) in [7, 11) is -2.95. The fourth-order valence-electron chi connectivity index (χ4n) is 1.91. The molecule has 1 aliphatic rings. The van der Waals surface area contributed by atoms with Gasteiger partial charge in [-0.25, -0.2) is 8.42 Å². The molecule has 1 fully saturated rings. The third-order valence-corrected chi connectivity index (χ3v) is 5.20. The predicted octanol–water partition coefficient (Wildman–Crippen LogP) is 0.578. The predicted molar refractivity (Wildman–Crippen MR) is 60.8 cm³/mol. The summed E-state index contributed by atoms with van der Waals surface area (Å²) in [6.07, 6.45) is 1.22. The first-order chi connectivity index (χ1) is 7.08. The van der Waals surface area contributed by atoms with Crippen molar-refractivity contribution in [1.29, 1.82) is 0 Å². The minimum Gasteiger partial charge on any atom is -0.377 e. The summed E-state index contributed by atoms with van der Waals surface area (Å²) in [6.45, 7) is 6.11. The molecule has 0 aliphatic carbocycles. The van der Waals surface area contributed by atoms with Crippen LogP contribution >= 0.6 is 0 Å². The lowest BCUT2D eigenvalue weighted by molar-refractivity contribution is 0.126. The molecule has 1 heterocycles. The standard InChI is InChI=1S/C10H21NO3S/c1-3-11-6-4-8-15(12,13)10-5-7-14-9(10)2/h9-11H,3-8H2,1-2H3. The first-order valence-electron chi connectivity index (χ1n) is 5.62. The van der Waals surface area contributed by atoms with Crippen LogP contribution in [0.5, 0.6) is 0 Å². The topological polar surface area (TPSA) is 55.4 Å². The highest BCUT2D eigenvalue weighted by Crippen LogP contribution is 2.21. The maximum atomic E-state index is 11.9. The zero-order valence-corrected chi connectivity index (χ0v) is 10.3. The molecule has 90 valence electrons. The van der Waals surface area contributed by atoms with Crippen LogP contribution in [0, 0.1) is 0 Å². The highest BCUT2D eigenvalue weighted by molar-refractivity contribution is 7.92. The van der Waals surface area contributed by atoms with Crippen molar-refractivity contribution < 1.29 is 13.2 Å². The lowest BCUT2D eigenvalue weighted by atomic mass is 10.3. The van der Waals surface area contributed by atoms with Crippen LogP contribution in [0.25, 0.3) is 0 Å². The Morgan fingerprint density at radius 2 is 2.20 bits per heavy atom. The second kappa shape index (κ2) is 5.82. The Morgan fingerprint density at radius 1 is 1.47 bits per heavy atom. The molecule has 0 aromatic heterocycles. The van der Waals surface area contributed by atoms with Crippen LogP contribution in [0.1, 0.15) is 26.7 Å². The minimum atomic E-state index is -2.95. The lowest BCUT2D eigenvalue weighted by Gasteiger charge is -2.14. The monoisotopic (exact) mass is 235 g/mol. The Balaban J connectivity index is 2.37. The Labute approximate surface area is 92.3 Å². The second-order valence-corrected chi connectivity index (χ2v) is 6.32. The normalized spacial score (nSPS) is 27.1. The fourth-order valence-corrected chi connectivity index (χ4v) is 3.88. The molecule has 0 amide bonds. The number of hydrogen-bond donors (Lipinski definition) is 1. The van der Waals surface area contributed by atoms with Crippen molar-refractivity contribution in [2.75, 3.05) is 25.4 Å². The molecule has 0 radical (unpaired) electrons. The Bertz CT molecular complexity index is 276. The molecule has 4 nitrogen and oxygen atoms in total. The molecule has 0 aromatic rings. The molecular formula is C10H21NO3S. The number of ether oxygens (including phenoxy) is 1. The summed E-state index contributed by atoms with van der Waals surface area (Å²) in [5, 5.41) is 2.85. The third-order valence-electron chi connectivity index (χ3n) is 2.80. The molecule has 2 atom stereocenters. The quantitative estimate of drug-likeness (QED) is 0.684. The van der Waals surface area contributed by atoms with E-state index >= 15 is 0 Å². The molecule has 0 saturated carbocycles. The van der Waals surface area contributed by atoms with E-state index < -0.39 is 9.84 Å². The average Bonchev–Trinajstić information content (AvgIpc) is 2.60. The van der Waals surface area contributed by atoms with Crippen molar-refractivity contribution in [3.8, 4) is 0 Å². The van der Waals surface area contributed by atoms with E-state index in [4.69, 9.17) is 4.74 Å². The SMILES string of the molecule is CCNCCCS(=O)(=O)C1CCOC1C. The van der Waals surface area contributed by atoms with E-state index in [0.29, 0.717) is 19.4 Å². The van der Waals surface area contributed by atoms with E-state index in [1.807, 2.05) is 13.8 Å². The van der Waals surface area contributed by atoms with Crippen molar-refractivity contribution in [3.63, 3.8) is 0 Å². The largest absolute Gasteiger partial charge is 0.377 e. The summed E-state index contributed by atoms with van der Waals surface area (Å²) < 4.78 is 29.1. The number of sulfone groups is 1. The van der Waals surface area contributed by atoms with Crippen LogP contribution in [0.15, 0.2) is 0 Å². The summed E-state index contributed by atoms with van der Waals surface area (Å²) in [4.78, 5) is 0. The molecular weight excluding hydrogens is 214 g/mol. The zero-order valence-electron chi connectivity index (χ0n) is 9.53. The molecule has 0 spiro atoms. The van der Waals surface area contributed by atoms with Crippen LogP contribution in [0.2, 0.25) is 0 Å². The van der Waals surface area contributed by atoms with Gasteiger partial charge in [0, 0.05) is 6.61 Å². The van der Waals surface area contributed by atoms with Gasteiger partial charge in [0.25, 0.3) is 0 Å². The summed E-state index contributed by atoms with van der Waals surface area (Å²) in [6, 6.07) is 0. The van der Waals surface area contributed by atoms with Gasteiger partial charge >= 0.3 is 0 Å². The van der Waals surface area contributed by atoms with Gasteiger partial charge in [-0.15, -0.1) is 0 Å². The molecule has 2 unspecified atom stereocenters. The molecule has 1 rings (SSSR count). The molecule has 1 N–H and O–H groups in total. The zero-order chi connectivity index (χ0) is 11.3. The molecule has 15 heavy (non-hydrogen) atoms. The third kappa shape index (κ3) is 3.74. The first kappa shape index (κ1) is 12.9. The van der Waals surface area contributed by atoms with Gasteiger partial charge in [-0.2, -0.15) is 0 Å². The molecule has 1 aliphatic heterocycles. The van der Waals surface area contributed by atoms with E-state index in [-0.39, 0.29) is 17.1 Å². The maximum absolute atomic E-state index is 11.9. The Morgan fingerprint density at radius 3 is 2.73 bits per heavy atom. The Kier molecular flexibility index (Phi) is 5.02. The van der Waals surface area contributed by atoms with Gasteiger partial charge in [0.15, 0.2) is 9.84 Å². The van der Waals surface area contributed by atoms with Gasteiger partial charge < -0.3 is 10.1 Å². The van der Waals surface area contributed by atoms with E-state index in [2.05, 4.69) is 5.32 Å². The van der Waals surface area contributed by atoms with Crippen LogP contribution in [-0.4, -0.2) is 45.2 Å². The number of rotatable bonds is 6. The summed E-state index contributed by atoms with van der Waals surface area (Å²) in [5.41, 5.74) is 0. The van der Waals surface area contributed by atoms with Crippen LogP contribution in [-0.2, 0) is 14.6 Å². The Hall–Kier alpha value is -0.130. The van der Waals surface area contributed by atoms with Gasteiger partial charge in [-0.3, -0.25) is 0 Å². The number of hydrogen-bond acceptors (Lipinski definition) is 4. The van der Waals surface area contributed by atoms with Gasteiger partial charge in [0.05, 0.1) is 17.1 Å². The lowest BCUT2D eigenvalue weighted by Crippen LogP contribution is -2.31. The molecule has 1 saturated heterocycles. The van der Waals surface area contributed by atoms with Gasteiger partial charge in [-0.1, -0.05) is 6.92 Å². The van der Waals surface area contributed by atoms with Crippen molar-refractivity contribution >= 4 is 9.84 Å². The van der Waals surface area contributed by atoms with Crippen molar-refractivity contribution in [2.24, 2.45) is 0 Å². The summed E-state index contributed by atoms with van der Waals surface area (Å²) >= 11 is 0. The van der Waals surface area contributed by atoms with E-state index in [0.717, 1.165) is 13.1 Å². The molecule has 0 aromatic carbocycles. The van der Waals surface area contributed by atoms with Crippen LogP contribution in [0.3, 0.4) is 0 Å². The van der Waals surface area contributed by atoms with Gasteiger partial charge in [-0.05, 0) is 32.9 Å². The maximum Gasteiger partial charge on any atom is 0.155 e. The average molecular weight is 235 g/mol. The highest BCUT2D eigenvalue weighted by atomic mass is 32.2. The number of nitrogens with one attached hydrogen (secondary N) is 1. The van der Waals surface area contributed by atoms with E-state index in [1.54, 1.807) is 0 Å². The highest BCUT2D eigenvalue weighted by Gasteiger charge is 2.34. The fraction of sp³-hybridized carbons (Fsp3) is 1.00. The van der Waals surface area contributed by atoms with Crippen LogP contribution in [0.4, 0.5) is 0 Å². The van der Waals surface area contributed by atoms with Gasteiger partial charge in [0.2, 0.25) is 0 Å². The van der Waals surface area contributed by atoms with E-state index in [1.165, 1.54) is 0 Å². The van der Waals surface area contributed by atoms with Crippen LogP contribution < -0.4 is 5.32 Å². The van der Waals surface area contributed by atoms with Crippen molar-refractivity contribution in [3.05, 3.63) is 0 Å². The first-order valence-corrected chi connectivity index (χ1v) is 7.33. The second-order valence-electron chi connectivity index (χ2n) is 3.98. The summed E-state index contributed by atoms with van der Waals surface area (Å²) in [5.74, 6) is 0.276. The van der Waals surface area contributed by atoms with Crippen molar-refractivity contribution in [2.45, 2.75) is 38.0 Å². The molecule has 5 heteroatoms.